The van der Waals surface area contributed by atoms with Gasteiger partial charge in [-0.05, 0) is 67.2 Å². The molecule has 1 unspecified atom stereocenters. The summed E-state index contributed by atoms with van der Waals surface area (Å²) in [5.74, 6) is -0.0696. The molecule has 1 spiro atoms. The fourth-order valence-corrected chi connectivity index (χ4v) is 4.76. The zero-order valence-electron chi connectivity index (χ0n) is 15.2. The number of carboxylic acids is 1. The predicted molar refractivity (Wildman–Crippen MR) is 96.6 cm³/mol. The zero-order chi connectivity index (χ0) is 18.3. The molecule has 140 valence electrons. The van der Waals surface area contributed by atoms with Crippen LogP contribution in [-0.2, 0) is 17.6 Å². The van der Waals surface area contributed by atoms with Gasteiger partial charge in [0.2, 0.25) is 0 Å². The number of carbonyl (C=O) groups is 2. The number of piperidine rings is 1. The quantitative estimate of drug-likeness (QED) is 0.862. The van der Waals surface area contributed by atoms with Gasteiger partial charge in [0, 0.05) is 19.6 Å². The number of aliphatic carboxylic acids is 1. The van der Waals surface area contributed by atoms with Gasteiger partial charge in [0.1, 0.15) is 11.8 Å². The number of carbonyl (C=O) groups excluding carboxylic acids is 1. The number of benzene rings is 1. The molecule has 2 fully saturated rings. The van der Waals surface area contributed by atoms with Gasteiger partial charge in [-0.25, -0.2) is 0 Å². The van der Waals surface area contributed by atoms with Crippen molar-refractivity contribution in [3.63, 3.8) is 0 Å². The Bertz CT molecular complexity index is 738. The highest BCUT2D eigenvalue weighted by Crippen LogP contribution is 2.40. The first-order valence-electron chi connectivity index (χ1n) is 9.47. The lowest BCUT2D eigenvalue weighted by Gasteiger charge is -2.39. The minimum Gasteiger partial charge on any atom is -0.496 e. The average Bonchev–Trinajstić information content (AvgIpc) is 3.27. The summed E-state index contributed by atoms with van der Waals surface area (Å²) in [6, 6.07) is 3.60. The van der Waals surface area contributed by atoms with E-state index in [-0.39, 0.29) is 11.3 Å². The van der Waals surface area contributed by atoms with Crippen LogP contribution in [0.3, 0.4) is 0 Å². The Morgan fingerprint density at radius 1 is 1.23 bits per heavy atom. The molecule has 2 saturated heterocycles. The molecule has 6 heteroatoms. The lowest BCUT2D eigenvalue weighted by Crippen LogP contribution is -2.44. The second-order valence-corrected chi connectivity index (χ2v) is 7.94. The number of likely N-dealkylation sites (tertiary alicyclic amines) is 1. The van der Waals surface area contributed by atoms with Crippen LogP contribution in [0.1, 0.15) is 47.2 Å². The molecule has 6 nitrogen and oxygen atoms in total. The van der Waals surface area contributed by atoms with Crippen molar-refractivity contribution in [1.29, 1.82) is 0 Å². The normalized spacial score (nSPS) is 23.9. The molecule has 1 amide bonds. The summed E-state index contributed by atoms with van der Waals surface area (Å²) in [6.07, 6.45) is 5.59. The highest BCUT2D eigenvalue weighted by atomic mass is 16.5. The van der Waals surface area contributed by atoms with Crippen LogP contribution in [0.15, 0.2) is 12.1 Å². The average molecular weight is 358 g/mol. The summed E-state index contributed by atoms with van der Waals surface area (Å²) < 4.78 is 5.49. The van der Waals surface area contributed by atoms with E-state index in [2.05, 4.69) is 5.32 Å². The van der Waals surface area contributed by atoms with E-state index in [0.717, 1.165) is 38.6 Å². The Morgan fingerprint density at radius 3 is 2.54 bits per heavy atom. The first kappa shape index (κ1) is 17.3. The summed E-state index contributed by atoms with van der Waals surface area (Å²) in [5.41, 5.74) is 3.25. The van der Waals surface area contributed by atoms with Crippen LogP contribution in [0.4, 0.5) is 0 Å². The van der Waals surface area contributed by atoms with E-state index in [4.69, 9.17) is 4.74 Å². The number of methoxy groups -OCH3 is 1. The number of rotatable bonds is 3. The van der Waals surface area contributed by atoms with Crippen molar-refractivity contribution in [2.45, 2.75) is 44.6 Å². The number of carboxylic acid groups (broad SMARTS) is 1. The molecule has 2 aliphatic heterocycles. The van der Waals surface area contributed by atoms with Crippen molar-refractivity contribution in [2.75, 3.05) is 26.7 Å². The third-order valence-corrected chi connectivity index (χ3v) is 6.41. The van der Waals surface area contributed by atoms with Gasteiger partial charge in [-0.2, -0.15) is 0 Å². The van der Waals surface area contributed by atoms with Crippen LogP contribution >= 0.6 is 0 Å². The number of hydrogen-bond acceptors (Lipinski definition) is 4. The van der Waals surface area contributed by atoms with Crippen molar-refractivity contribution in [3.05, 3.63) is 28.8 Å². The maximum absolute atomic E-state index is 13.1. The van der Waals surface area contributed by atoms with E-state index in [1.54, 1.807) is 7.11 Å². The second kappa shape index (κ2) is 6.58. The molecule has 1 aromatic rings. The summed E-state index contributed by atoms with van der Waals surface area (Å²) in [5, 5.41) is 12.3. The second-order valence-electron chi connectivity index (χ2n) is 7.94. The third-order valence-electron chi connectivity index (χ3n) is 6.41. The molecule has 2 N–H and O–H groups in total. The van der Waals surface area contributed by atoms with Crippen molar-refractivity contribution < 1.29 is 19.4 Å². The van der Waals surface area contributed by atoms with Gasteiger partial charge in [-0.1, -0.05) is 0 Å². The maximum atomic E-state index is 13.1. The fourth-order valence-electron chi connectivity index (χ4n) is 4.76. The Labute approximate surface area is 153 Å². The van der Waals surface area contributed by atoms with E-state index < -0.39 is 12.0 Å². The number of aryl methyl sites for hydroxylation is 2. The lowest BCUT2D eigenvalue weighted by atomic mass is 9.76. The smallest absolute Gasteiger partial charge is 0.320 e. The molecule has 1 aliphatic carbocycles. The van der Waals surface area contributed by atoms with Crippen molar-refractivity contribution >= 4 is 11.9 Å². The molecule has 0 bridgehead atoms. The van der Waals surface area contributed by atoms with E-state index in [0.29, 0.717) is 30.8 Å². The topological polar surface area (TPSA) is 78.9 Å². The number of fused-ring (bicyclic) bond motifs is 1. The Kier molecular flexibility index (Phi) is 4.39. The van der Waals surface area contributed by atoms with Crippen LogP contribution < -0.4 is 10.1 Å². The van der Waals surface area contributed by atoms with Crippen molar-refractivity contribution in [2.24, 2.45) is 5.41 Å². The number of ether oxygens (including phenoxy) is 1. The molecular formula is C20H26N2O4. The zero-order valence-corrected chi connectivity index (χ0v) is 15.2. The minimum atomic E-state index is -0.775. The first-order valence-corrected chi connectivity index (χ1v) is 9.47. The van der Waals surface area contributed by atoms with Crippen LogP contribution in [0.2, 0.25) is 0 Å². The summed E-state index contributed by atoms with van der Waals surface area (Å²) in [4.78, 5) is 26.2. The van der Waals surface area contributed by atoms with Crippen LogP contribution in [0.25, 0.3) is 0 Å². The predicted octanol–water partition coefficient (Wildman–Crippen LogP) is 1.85. The van der Waals surface area contributed by atoms with Gasteiger partial charge in [0.15, 0.2) is 0 Å². The number of hydrogen-bond donors (Lipinski definition) is 2. The molecule has 1 atom stereocenters. The SMILES string of the molecule is COc1cc2c(cc1C(=O)N1CCC3(CC1)CNC(C(=O)O)C3)CCC2. The molecule has 1 aromatic carbocycles. The Balaban J connectivity index is 1.47. The molecule has 3 aliphatic rings. The largest absolute Gasteiger partial charge is 0.496 e. The fraction of sp³-hybridized carbons (Fsp3) is 0.600. The molecule has 0 saturated carbocycles. The third kappa shape index (κ3) is 2.96. The molecule has 0 radical (unpaired) electrons. The van der Waals surface area contributed by atoms with Crippen molar-refractivity contribution in [1.82, 2.24) is 10.2 Å². The molecule has 2 heterocycles. The van der Waals surface area contributed by atoms with Crippen LogP contribution in [0, 0.1) is 5.41 Å². The number of amides is 1. The lowest BCUT2D eigenvalue weighted by molar-refractivity contribution is -0.139. The van der Waals surface area contributed by atoms with E-state index in [1.165, 1.54) is 11.1 Å². The van der Waals surface area contributed by atoms with Gasteiger partial charge in [0.25, 0.3) is 5.91 Å². The first-order chi connectivity index (χ1) is 12.5. The van der Waals surface area contributed by atoms with E-state index in [1.807, 2.05) is 17.0 Å². The standard InChI is InChI=1S/C20H26N2O4/c1-26-17-10-14-4-2-3-13(14)9-15(17)18(23)22-7-5-20(6-8-22)11-16(19(24)25)21-12-20/h9-10,16,21H,2-8,11-12H2,1H3,(H,24,25). The summed E-state index contributed by atoms with van der Waals surface area (Å²) >= 11 is 0. The van der Waals surface area contributed by atoms with E-state index >= 15 is 0 Å². The van der Waals surface area contributed by atoms with Gasteiger partial charge in [-0.3, -0.25) is 9.59 Å². The highest BCUT2D eigenvalue weighted by Gasteiger charge is 2.44. The van der Waals surface area contributed by atoms with Crippen LogP contribution in [0.5, 0.6) is 5.75 Å². The summed E-state index contributed by atoms with van der Waals surface area (Å²) in [6.45, 7) is 2.08. The Morgan fingerprint density at radius 2 is 1.92 bits per heavy atom. The van der Waals surface area contributed by atoms with Gasteiger partial charge in [-0.15, -0.1) is 0 Å². The molecular weight excluding hydrogens is 332 g/mol. The van der Waals surface area contributed by atoms with Gasteiger partial charge < -0.3 is 20.1 Å². The minimum absolute atomic E-state index is 0.0157. The van der Waals surface area contributed by atoms with E-state index in [9.17, 15) is 14.7 Å². The molecule has 0 aromatic heterocycles. The van der Waals surface area contributed by atoms with Crippen molar-refractivity contribution in [3.8, 4) is 5.75 Å². The molecule has 26 heavy (non-hydrogen) atoms. The van der Waals surface area contributed by atoms with Gasteiger partial charge in [0.05, 0.1) is 12.7 Å². The number of nitrogens with one attached hydrogen (secondary N) is 1. The van der Waals surface area contributed by atoms with Crippen LogP contribution in [-0.4, -0.2) is 54.7 Å². The summed E-state index contributed by atoms with van der Waals surface area (Å²) in [7, 11) is 1.62. The number of nitrogens with zero attached hydrogens (tertiary/aromatic N) is 1. The van der Waals surface area contributed by atoms with Gasteiger partial charge >= 0.3 is 5.97 Å². The highest BCUT2D eigenvalue weighted by molar-refractivity contribution is 5.97. The Hall–Kier alpha value is -2.08. The monoisotopic (exact) mass is 358 g/mol. The molecule has 4 rings (SSSR count). The maximum Gasteiger partial charge on any atom is 0.320 e.